The zero-order valence-corrected chi connectivity index (χ0v) is 22.2. The van der Waals surface area contributed by atoms with Gasteiger partial charge in [-0.1, -0.05) is 0 Å². The van der Waals surface area contributed by atoms with Gasteiger partial charge in [0.1, 0.15) is 40.6 Å². The minimum absolute atomic E-state index is 0.0261. The van der Waals surface area contributed by atoms with E-state index in [-0.39, 0.29) is 51.5 Å². The van der Waals surface area contributed by atoms with E-state index in [9.17, 15) is 56.2 Å². The van der Waals surface area contributed by atoms with Crippen molar-refractivity contribution < 1.29 is 70.4 Å². The van der Waals surface area contributed by atoms with Crippen LogP contribution in [0.1, 0.15) is 39.8 Å². The first kappa shape index (κ1) is 27.2. The van der Waals surface area contributed by atoms with Crippen LogP contribution in [0.2, 0.25) is 0 Å². The number of phenols is 9. The molecule has 44 heavy (non-hydrogen) atoms. The maximum atomic E-state index is 11.9. The van der Waals surface area contributed by atoms with Crippen LogP contribution in [0.25, 0.3) is 0 Å². The van der Waals surface area contributed by atoms with Crippen LogP contribution in [0.3, 0.4) is 0 Å². The lowest BCUT2D eigenvalue weighted by molar-refractivity contribution is -0.219. The molecule has 0 aromatic heterocycles. The second-order valence-corrected chi connectivity index (χ2v) is 10.9. The Balaban J connectivity index is 1.48. The molecule has 2 bridgehead atoms. The summed E-state index contributed by atoms with van der Waals surface area (Å²) in [4.78, 5) is 0. The molecule has 3 aliphatic heterocycles. The van der Waals surface area contributed by atoms with E-state index in [0.29, 0.717) is 0 Å². The third kappa shape index (κ3) is 3.61. The van der Waals surface area contributed by atoms with Gasteiger partial charge in [0.2, 0.25) is 0 Å². The van der Waals surface area contributed by atoms with Crippen molar-refractivity contribution in [2.75, 3.05) is 0 Å². The predicted octanol–water partition coefficient (Wildman–Crippen LogP) is 2.20. The van der Waals surface area contributed by atoms with Crippen molar-refractivity contribution in [2.45, 2.75) is 36.4 Å². The van der Waals surface area contributed by atoms with Crippen LogP contribution >= 0.6 is 0 Å². The minimum Gasteiger partial charge on any atom is -0.508 e. The van der Waals surface area contributed by atoms with E-state index < -0.39 is 81.8 Å². The Morgan fingerprint density at radius 3 is 1.80 bits per heavy atom. The fourth-order valence-corrected chi connectivity index (χ4v) is 6.23. The van der Waals surface area contributed by atoms with Gasteiger partial charge in [-0.2, -0.15) is 0 Å². The Hall–Kier alpha value is -5.60. The lowest BCUT2D eigenvalue weighted by Crippen LogP contribution is -2.57. The smallest absolute Gasteiger partial charge is 0.305 e. The van der Waals surface area contributed by atoms with Crippen molar-refractivity contribution in [3.8, 4) is 69.0 Å². The molecule has 11 N–H and O–H groups in total. The zero-order chi connectivity index (χ0) is 31.4. The van der Waals surface area contributed by atoms with E-state index in [1.807, 2.05) is 0 Å². The van der Waals surface area contributed by atoms with E-state index in [4.69, 9.17) is 14.2 Å². The molecule has 228 valence electrons. The van der Waals surface area contributed by atoms with Gasteiger partial charge >= 0.3 is 5.79 Å². The van der Waals surface area contributed by atoms with Gasteiger partial charge < -0.3 is 70.4 Å². The van der Waals surface area contributed by atoms with Crippen LogP contribution in [0.4, 0.5) is 0 Å². The maximum absolute atomic E-state index is 11.9. The predicted molar refractivity (Wildman–Crippen MR) is 145 cm³/mol. The van der Waals surface area contributed by atoms with Crippen molar-refractivity contribution in [1.29, 1.82) is 0 Å². The van der Waals surface area contributed by atoms with Gasteiger partial charge in [0.05, 0.1) is 12.0 Å². The Morgan fingerprint density at radius 2 is 1.18 bits per heavy atom. The van der Waals surface area contributed by atoms with E-state index in [2.05, 4.69) is 0 Å². The second-order valence-electron chi connectivity index (χ2n) is 10.9. The van der Waals surface area contributed by atoms with Gasteiger partial charge in [0, 0.05) is 52.4 Å². The molecule has 3 aliphatic rings. The molecule has 14 nitrogen and oxygen atoms in total. The lowest BCUT2D eigenvalue weighted by Gasteiger charge is -2.50. The molecule has 4 aromatic rings. The lowest BCUT2D eigenvalue weighted by atomic mass is 9.74. The van der Waals surface area contributed by atoms with Gasteiger partial charge in [0.25, 0.3) is 0 Å². The molecule has 0 radical (unpaired) electrons. The monoisotopic (exact) mass is 608 g/mol. The quantitative estimate of drug-likeness (QED) is 0.146. The first-order valence-corrected chi connectivity index (χ1v) is 13.2. The molecule has 5 atom stereocenters. The highest BCUT2D eigenvalue weighted by molar-refractivity contribution is 5.68. The van der Waals surface area contributed by atoms with Gasteiger partial charge in [-0.15, -0.1) is 0 Å². The highest BCUT2D eigenvalue weighted by atomic mass is 16.7. The van der Waals surface area contributed by atoms with Gasteiger partial charge in [-0.05, 0) is 24.3 Å². The summed E-state index contributed by atoms with van der Waals surface area (Å²) in [5.41, 5.74) is -0.00268. The van der Waals surface area contributed by atoms with Crippen molar-refractivity contribution in [3.63, 3.8) is 0 Å². The van der Waals surface area contributed by atoms with E-state index in [0.717, 1.165) is 36.4 Å². The topological polar surface area (TPSA) is 250 Å². The Morgan fingerprint density at radius 1 is 0.614 bits per heavy atom. The molecule has 3 heterocycles. The van der Waals surface area contributed by atoms with Crippen LogP contribution in [0.15, 0.2) is 42.5 Å². The van der Waals surface area contributed by atoms with E-state index in [1.54, 1.807) is 0 Å². The fourth-order valence-electron chi connectivity index (χ4n) is 6.23. The number of aromatic hydroxyl groups is 9. The number of phenolic OH excluding ortho intramolecular Hbond substituents is 9. The normalized spacial score (nSPS) is 24.6. The summed E-state index contributed by atoms with van der Waals surface area (Å²) in [6, 6.07) is 7.40. The van der Waals surface area contributed by atoms with Gasteiger partial charge in [-0.3, -0.25) is 0 Å². The maximum Gasteiger partial charge on any atom is 0.305 e. The molecule has 0 spiro atoms. The Kier molecular flexibility index (Phi) is 5.54. The summed E-state index contributed by atoms with van der Waals surface area (Å²) in [5, 5.41) is 116. The van der Waals surface area contributed by atoms with Crippen LogP contribution < -0.4 is 14.2 Å². The first-order valence-electron chi connectivity index (χ1n) is 13.2. The molecule has 0 aliphatic carbocycles. The summed E-state index contributed by atoms with van der Waals surface area (Å²) in [7, 11) is 0. The Bertz CT molecular complexity index is 1840. The Labute approximate surface area is 246 Å². The number of aliphatic hydroxyl groups excluding tert-OH is 2. The summed E-state index contributed by atoms with van der Waals surface area (Å²) in [6.45, 7) is 0. The fraction of sp³-hybridized carbons (Fsp3) is 0.200. The molecular formula is C30H24O14. The molecule has 0 unspecified atom stereocenters. The average Bonchev–Trinajstić information content (AvgIpc) is 2.94. The number of rotatable bonds is 2. The number of hydrogen-bond donors (Lipinski definition) is 11. The highest BCUT2D eigenvalue weighted by Gasteiger charge is 2.60. The molecule has 0 amide bonds. The molecular weight excluding hydrogens is 584 g/mol. The summed E-state index contributed by atoms with van der Waals surface area (Å²) in [5.74, 6) is -9.88. The minimum atomic E-state index is -2.30. The second kappa shape index (κ2) is 8.95. The van der Waals surface area contributed by atoms with Crippen LogP contribution in [0, 0.1) is 0 Å². The largest absolute Gasteiger partial charge is 0.508 e. The molecule has 7 rings (SSSR count). The zero-order valence-electron chi connectivity index (χ0n) is 22.2. The van der Waals surface area contributed by atoms with Gasteiger partial charge in [0.15, 0.2) is 40.6 Å². The molecule has 0 saturated heterocycles. The van der Waals surface area contributed by atoms with Crippen molar-refractivity contribution in [2.24, 2.45) is 0 Å². The number of ether oxygens (including phenoxy) is 3. The summed E-state index contributed by atoms with van der Waals surface area (Å²) in [6.07, 6.45) is -4.63. The van der Waals surface area contributed by atoms with Crippen molar-refractivity contribution >= 4 is 0 Å². The first-order chi connectivity index (χ1) is 20.8. The highest BCUT2D eigenvalue weighted by Crippen LogP contribution is 2.62. The third-order valence-corrected chi connectivity index (χ3v) is 8.22. The van der Waals surface area contributed by atoms with Crippen LogP contribution in [-0.2, 0) is 12.2 Å². The number of aliphatic hydroxyl groups is 2. The molecule has 14 heteroatoms. The van der Waals surface area contributed by atoms with Crippen LogP contribution in [-0.4, -0.2) is 68.4 Å². The van der Waals surface area contributed by atoms with Crippen molar-refractivity contribution in [1.82, 2.24) is 0 Å². The summed E-state index contributed by atoms with van der Waals surface area (Å²) >= 11 is 0. The molecule has 0 fully saturated rings. The number of benzene rings is 4. The van der Waals surface area contributed by atoms with E-state index in [1.165, 1.54) is 6.07 Å². The number of fused-ring (bicyclic) bond motifs is 8. The van der Waals surface area contributed by atoms with Crippen LogP contribution in [0.5, 0.6) is 69.0 Å². The SMILES string of the molecule is Oc1cc(O)c2c(c1)O[C@]1(c3cc(O)c(O)c(O)c3)Oc3cc(O)c4c(c3[C@H]2[C@@H]1O)O[C@H](c1cc(O)c(O)c(O)c1)[C@@H](O)C4. The van der Waals surface area contributed by atoms with Gasteiger partial charge in [-0.25, -0.2) is 0 Å². The molecule has 0 saturated carbocycles. The van der Waals surface area contributed by atoms with Crippen molar-refractivity contribution in [3.05, 3.63) is 70.3 Å². The van der Waals surface area contributed by atoms with E-state index >= 15 is 0 Å². The standard InChI is InChI=1S/C30H24O14/c31-11-5-14(33)22-20(6-11)43-30(10-3-17(36)26(40)18(37)4-10)29(41)24(22)23-21(44-30)8-13(32)12-7-19(38)27(42-28(12)23)9-1-15(34)25(39)16(35)2-9/h1-6,8,19,24,27,29,31-41H,7H2/t19-,24-,27+,29-,30+/m0/s1. The average molecular weight is 609 g/mol. The third-order valence-electron chi connectivity index (χ3n) is 8.22. The summed E-state index contributed by atoms with van der Waals surface area (Å²) < 4.78 is 18.4. The molecule has 4 aromatic carbocycles. The number of hydrogen-bond acceptors (Lipinski definition) is 14.